The third-order valence-corrected chi connectivity index (χ3v) is 14.0. The van der Waals surface area contributed by atoms with Gasteiger partial charge < -0.3 is 9.30 Å². The Kier molecular flexibility index (Phi) is 11.8. The molecule has 0 amide bonds. The van der Waals surface area contributed by atoms with Crippen LogP contribution in [0.3, 0.4) is 0 Å². The standard InChI is InChI=1S/C67H61N5O/c1-65(2,3)49-35-36-68-62(41-49)72-60-34-31-48(45-21-13-10-14-22-45)37-59(60)58-33-32-55(43-61(58)72)73-54-28-19-27-52(42-54)71-44-70(53-39-50(66(4,5)6)38-51(40-53)67(7,8)9)64(69-71)63-56(46-23-15-11-16-24-46)29-20-30-57(63)47-25-17-12-18-26-47/h10-43H,1-9H3. The summed E-state index contributed by atoms with van der Waals surface area (Å²) >= 11 is 0. The van der Waals surface area contributed by atoms with Gasteiger partial charge in [-0.2, -0.15) is 4.68 Å². The average Bonchev–Trinajstić information content (AvgIpc) is 3.98. The van der Waals surface area contributed by atoms with Crippen LogP contribution in [-0.4, -0.2) is 19.3 Å². The third-order valence-electron chi connectivity index (χ3n) is 14.0. The van der Waals surface area contributed by atoms with Gasteiger partial charge in [-0.3, -0.25) is 4.57 Å². The van der Waals surface area contributed by atoms with E-state index in [-0.39, 0.29) is 16.2 Å². The molecule has 0 fully saturated rings. The fraction of sp³-hybridized carbons (Fsp3) is 0.179. The SMILES string of the molecule is CC(C)(C)c1cc(-[n+]2[c-]n(-c3cccc(Oc4ccc5c6cc(-c7ccccc7)ccc6n(-c6cc(C(C)(C)C)ccn6)c5c4)c3)nc2-c2c(-c3ccccc3)cccc2-c2ccccc2)cc(C(C)(C)C)c1. The molecule has 0 radical (unpaired) electrons. The quantitative estimate of drug-likeness (QED) is 0.107. The number of benzene rings is 8. The molecule has 360 valence electrons. The van der Waals surface area contributed by atoms with E-state index < -0.39 is 0 Å². The topological polar surface area (TPSA) is 48.8 Å². The van der Waals surface area contributed by atoms with Crippen molar-refractivity contribution < 1.29 is 9.30 Å². The van der Waals surface area contributed by atoms with Crippen LogP contribution < -0.4 is 9.30 Å². The van der Waals surface area contributed by atoms with Gasteiger partial charge in [0.1, 0.15) is 17.3 Å². The Hall–Kier alpha value is -8.35. The van der Waals surface area contributed by atoms with Gasteiger partial charge in [-0.25, -0.2) is 4.98 Å². The van der Waals surface area contributed by atoms with Crippen LogP contribution in [0.4, 0.5) is 0 Å². The number of rotatable bonds is 9. The Bertz CT molecular complexity index is 3720. The van der Waals surface area contributed by atoms with E-state index in [2.05, 4.69) is 260 Å². The molecule has 3 aromatic heterocycles. The summed E-state index contributed by atoms with van der Waals surface area (Å²) < 4.78 is 13.2. The number of pyridine rings is 1. The fourth-order valence-corrected chi connectivity index (χ4v) is 9.82. The van der Waals surface area contributed by atoms with E-state index in [9.17, 15) is 0 Å². The molecule has 11 rings (SSSR count). The van der Waals surface area contributed by atoms with Crippen molar-refractivity contribution >= 4 is 21.8 Å². The highest BCUT2D eigenvalue weighted by Crippen LogP contribution is 2.41. The second-order valence-corrected chi connectivity index (χ2v) is 22.3. The van der Waals surface area contributed by atoms with Crippen molar-refractivity contribution in [1.29, 1.82) is 0 Å². The molecule has 0 saturated carbocycles. The van der Waals surface area contributed by atoms with Crippen LogP contribution in [0.25, 0.3) is 83.8 Å². The smallest absolute Gasteiger partial charge is 0.233 e. The van der Waals surface area contributed by atoms with Gasteiger partial charge in [0.05, 0.1) is 16.7 Å². The molecule has 6 heteroatoms. The molecule has 0 N–H and O–H groups in total. The molecule has 0 aliphatic heterocycles. The van der Waals surface area contributed by atoms with Crippen molar-refractivity contribution in [2.75, 3.05) is 0 Å². The number of ether oxygens (including phenoxy) is 1. The van der Waals surface area contributed by atoms with E-state index in [1.54, 1.807) is 0 Å². The summed E-state index contributed by atoms with van der Waals surface area (Å²) in [5, 5.41) is 7.83. The minimum absolute atomic E-state index is 0.0520. The van der Waals surface area contributed by atoms with E-state index in [4.69, 9.17) is 14.8 Å². The number of nitrogens with zero attached hydrogens (tertiary/aromatic N) is 5. The maximum atomic E-state index is 6.88. The average molecular weight is 952 g/mol. The lowest BCUT2D eigenvalue weighted by molar-refractivity contribution is -0.589. The first-order valence-electron chi connectivity index (χ1n) is 25.3. The molecule has 0 aliphatic rings. The Morgan fingerprint density at radius 1 is 0.452 bits per heavy atom. The fourth-order valence-electron chi connectivity index (χ4n) is 9.82. The maximum absolute atomic E-state index is 6.88. The zero-order valence-electron chi connectivity index (χ0n) is 43.3. The molecule has 6 nitrogen and oxygen atoms in total. The number of hydrogen-bond donors (Lipinski definition) is 0. The monoisotopic (exact) mass is 951 g/mol. The van der Waals surface area contributed by atoms with Crippen LogP contribution in [-0.2, 0) is 16.2 Å². The second kappa shape index (κ2) is 18.4. The highest BCUT2D eigenvalue weighted by molar-refractivity contribution is 6.10. The predicted molar refractivity (Wildman–Crippen MR) is 300 cm³/mol. The third kappa shape index (κ3) is 9.26. The molecular weight excluding hydrogens is 891 g/mol. The molecule has 11 aromatic rings. The Morgan fingerprint density at radius 3 is 1.66 bits per heavy atom. The van der Waals surface area contributed by atoms with Crippen molar-refractivity contribution in [3.05, 3.63) is 229 Å². The summed E-state index contributed by atoms with van der Waals surface area (Å²) in [6.45, 7) is 20.4. The van der Waals surface area contributed by atoms with E-state index in [0.29, 0.717) is 11.5 Å². The first-order valence-corrected chi connectivity index (χ1v) is 25.3. The van der Waals surface area contributed by atoms with Crippen LogP contribution in [0.1, 0.15) is 79.0 Å². The van der Waals surface area contributed by atoms with Gasteiger partial charge in [-0.15, -0.1) is 0 Å². The first-order chi connectivity index (χ1) is 35.1. The van der Waals surface area contributed by atoms with Gasteiger partial charge in [0.25, 0.3) is 0 Å². The van der Waals surface area contributed by atoms with E-state index in [1.165, 1.54) is 22.3 Å². The second-order valence-electron chi connectivity index (χ2n) is 22.3. The van der Waals surface area contributed by atoms with Crippen molar-refractivity contribution in [2.24, 2.45) is 0 Å². The maximum Gasteiger partial charge on any atom is 0.233 e. The van der Waals surface area contributed by atoms with Gasteiger partial charge in [0, 0.05) is 34.3 Å². The van der Waals surface area contributed by atoms with Crippen molar-refractivity contribution in [2.45, 2.75) is 78.6 Å². The lowest BCUT2D eigenvalue weighted by Gasteiger charge is -2.27. The molecule has 0 bridgehead atoms. The largest absolute Gasteiger partial charge is 0.458 e. The summed E-state index contributed by atoms with van der Waals surface area (Å²) in [4.78, 5) is 4.97. The highest BCUT2D eigenvalue weighted by Gasteiger charge is 2.27. The zero-order chi connectivity index (χ0) is 50.6. The summed E-state index contributed by atoms with van der Waals surface area (Å²) in [6, 6.07) is 70.9. The van der Waals surface area contributed by atoms with Crippen LogP contribution in [0.5, 0.6) is 11.5 Å². The minimum atomic E-state index is -0.106. The van der Waals surface area contributed by atoms with Gasteiger partial charge in [-0.1, -0.05) is 208 Å². The van der Waals surface area contributed by atoms with E-state index in [0.717, 1.165) is 78.2 Å². The molecular formula is C67H61N5O. The molecule has 0 saturated heterocycles. The molecule has 0 spiro atoms. The molecule has 0 unspecified atom stereocenters. The molecule has 8 aromatic carbocycles. The van der Waals surface area contributed by atoms with Crippen molar-refractivity contribution in [1.82, 2.24) is 19.3 Å². The van der Waals surface area contributed by atoms with Crippen LogP contribution in [0.15, 0.2) is 206 Å². The highest BCUT2D eigenvalue weighted by atomic mass is 16.5. The zero-order valence-corrected chi connectivity index (χ0v) is 43.3. The summed E-state index contributed by atoms with van der Waals surface area (Å²) in [6.07, 6.45) is 5.69. The Morgan fingerprint density at radius 2 is 1.04 bits per heavy atom. The van der Waals surface area contributed by atoms with Gasteiger partial charge in [0.15, 0.2) is 0 Å². The number of hydrogen-bond acceptors (Lipinski definition) is 3. The summed E-state index contributed by atoms with van der Waals surface area (Å²) in [7, 11) is 0. The summed E-state index contributed by atoms with van der Waals surface area (Å²) in [5.41, 5.74) is 15.1. The molecule has 0 aliphatic carbocycles. The lowest BCUT2D eigenvalue weighted by Crippen LogP contribution is -2.33. The Labute approximate surface area is 429 Å². The van der Waals surface area contributed by atoms with Crippen LogP contribution in [0, 0.1) is 6.33 Å². The Balaban J connectivity index is 1.07. The molecule has 73 heavy (non-hydrogen) atoms. The number of fused-ring (bicyclic) bond motifs is 3. The van der Waals surface area contributed by atoms with Crippen molar-refractivity contribution in [3.8, 4) is 73.5 Å². The molecule has 3 heterocycles. The first kappa shape index (κ1) is 47.0. The van der Waals surface area contributed by atoms with E-state index in [1.807, 2.05) is 29.1 Å². The van der Waals surface area contributed by atoms with E-state index >= 15 is 0 Å². The van der Waals surface area contributed by atoms with Crippen molar-refractivity contribution in [3.63, 3.8) is 0 Å². The van der Waals surface area contributed by atoms with Crippen LogP contribution >= 0.6 is 0 Å². The summed E-state index contributed by atoms with van der Waals surface area (Å²) in [5.74, 6) is 3.02. The lowest BCUT2D eigenvalue weighted by atomic mass is 9.80. The predicted octanol–water partition coefficient (Wildman–Crippen LogP) is 16.8. The van der Waals surface area contributed by atoms with Gasteiger partial charge >= 0.3 is 0 Å². The normalized spacial score (nSPS) is 12.2. The van der Waals surface area contributed by atoms with Crippen LogP contribution in [0.2, 0.25) is 0 Å². The van der Waals surface area contributed by atoms with Gasteiger partial charge in [0.2, 0.25) is 12.2 Å². The number of aromatic nitrogens is 5. The minimum Gasteiger partial charge on any atom is -0.458 e. The van der Waals surface area contributed by atoms with Gasteiger partial charge in [-0.05, 0) is 120 Å². The molecule has 0 atom stereocenters.